The van der Waals surface area contributed by atoms with Crippen molar-refractivity contribution in [1.82, 2.24) is 25.4 Å². The Bertz CT molecular complexity index is 807. The van der Waals surface area contributed by atoms with Crippen molar-refractivity contribution >= 4 is 5.96 Å². The fraction of sp³-hybridized carbons (Fsp3) is 0.550. The van der Waals surface area contributed by atoms with Gasteiger partial charge in [-0.15, -0.1) is 10.2 Å². The fourth-order valence-electron chi connectivity index (χ4n) is 3.30. The lowest BCUT2D eigenvalue weighted by molar-refractivity contribution is 0.586. The molecule has 6 nitrogen and oxygen atoms in total. The van der Waals surface area contributed by atoms with Crippen molar-refractivity contribution in [2.45, 2.75) is 65.1 Å². The molecule has 0 amide bonds. The zero-order chi connectivity index (χ0) is 19.4. The Hall–Kier alpha value is -2.44. The van der Waals surface area contributed by atoms with Crippen molar-refractivity contribution in [3.8, 4) is 0 Å². The lowest BCUT2D eigenvalue weighted by Gasteiger charge is -2.22. The molecule has 1 aromatic carbocycles. The largest absolute Gasteiger partial charge is 0.354 e. The van der Waals surface area contributed by atoms with Crippen LogP contribution in [0.1, 0.15) is 61.4 Å². The van der Waals surface area contributed by atoms with Crippen LogP contribution in [-0.2, 0) is 13.6 Å². The highest BCUT2D eigenvalue weighted by Crippen LogP contribution is 2.19. The van der Waals surface area contributed by atoms with Crippen LogP contribution in [-0.4, -0.2) is 26.8 Å². The van der Waals surface area contributed by atoms with Crippen molar-refractivity contribution in [3.63, 3.8) is 0 Å². The summed E-state index contributed by atoms with van der Waals surface area (Å²) in [4.78, 5) is 4.71. The minimum atomic E-state index is -0.182. The highest BCUT2D eigenvalue weighted by atomic mass is 19.1. The predicted octanol–water partition coefficient (Wildman–Crippen LogP) is 3.31. The number of guanidine groups is 1. The van der Waals surface area contributed by atoms with Gasteiger partial charge < -0.3 is 15.2 Å². The van der Waals surface area contributed by atoms with Gasteiger partial charge in [0.25, 0.3) is 0 Å². The number of benzene rings is 1. The molecular formula is C20H29FN6. The first-order chi connectivity index (χ1) is 12.9. The maximum Gasteiger partial charge on any atom is 0.192 e. The molecule has 0 bridgehead atoms. The Morgan fingerprint density at radius 1 is 1.30 bits per heavy atom. The summed E-state index contributed by atoms with van der Waals surface area (Å²) in [5.41, 5.74) is 1.55. The van der Waals surface area contributed by atoms with Crippen LogP contribution >= 0.6 is 0 Å². The molecule has 27 heavy (non-hydrogen) atoms. The van der Waals surface area contributed by atoms with E-state index in [2.05, 4.69) is 20.8 Å². The third-order valence-corrected chi connectivity index (χ3v) is 5.31. The molecule has 7 heteroatoms. The molecule has 1 aromatic heterocycles. The van der Waals surface area contributed by atoms with Crippen molar-refractivity contribution in [2.24, 2.45) is 12.0 Å². The highest BCUT2D eigenvalue weighted by molar-refractivity contribution is 5.80. The first-order valence-corrected chi connectivity index (χ1v) is 9.62. The van der Waals surface area contributed by atoms with Crippen LogP contribution in [0, 0.1) is 19.7 Å². The average molecular weight is 372 g/mol. The first kappa shape index (κ1) is 19.3. The molecule has 2 N–H and O–H groups in total. The summed E-state index contributed by atoms with van der Waals surface area (Å²) in [6.07, 6.45) is 4.78. The number of halogens is 1. The van der Waals surface area contributed by atoms with E-state index in [0.717, 1.165) is 36.0 Å². The quantitative estimate of drug-likeness (QED) is 0.624. The van der Waals surface area contributed by atoms with Crippen LogP contribution in [0.2, 0.25) is 0 Å². The summed E-state index contributed by atoms with van der Waals surface area (Å²) in [5.74, 6) is 2.23. The zero-order valence-electron chi connectivity index (χ0n) is 16.6. The van der Waals surface area contributed by atoms with Crippen molar-refractivity contribution in [3.05, 3.63) is 46.8 Å². The Labute approximate surface area is 160 Å². The second kappa shape index (κ2) is 8.50. The Balaban J connectivity index is 1.74. The Morgan fingerprint density at radius 2 is 2.04 bits per heavy atom. The van der Waals surface area contributed by atoms with Gasteiger partial charge in [-0.1, -0.05) is 25.0 Å². The van der Waals surface area contributed by atoms with E-state index in [1.807, 2.05) is 37.6 Å². The second-order valence-electron chi connectivity index (χ2n) is 7.39. The minimum absolute atomic E-state index is 0.0611. The van der Waals surface area contributed by atoms with Gasteiger partial charge >= 0.3 is 0 Å². The lowest BCUT2D eigenvalue weighted by Crippen LogP contribution is -2.43. The summed E-state index contributed by atoms with van der Waals surface area (Å²) in [6.45, 7) is 6.15. The molecule has 1 heterocycles. The molecule has 1 saturated carbocycles. The van der Waals surface area contributed by atoms with E-state index in [0.29, 0.717) is 18.2 Å². The van der Waals surface area contributed by atoms with E-state index >= 15 is 0 Å². The molecular weight excluding hydrogens is 343 g/mol. The van der Waals surface area contributed by atoms with Gasteiger partial charge in [0.1, 0.15) is 18.2 Å². The van der Waals surface area contributed by atoms with E-state index < -0.39 is 0 Å². The summed E-state index contributed by atoms with van der Waals surface area (Å²) in [5, 5.41) is 15.2. The van der Waals surface area contributed by atoms with E-state index in [1.165, 1.54) is 12.8 Å². The van der Waals surface area contributed by atoms with Gasteiger partial charge in [0.05, 0.1) is 6.04 Å². The standard InChI is InChI=1S/C20H29FN6/c1-13-9-10-16(11-18(13)21)14(2)23-20(24-17-7-5-6-8-17)22-12-19-26-25-15(3)27(19)4/h9-11,14,17H,5-8,12H2,1-4H3,(H2,22,23,24). The van der Waals surface area contributed by atoms with Crippen LogP contribution in [0.3, 0.4) is 0 Å². The van der Waals surface area contributed by atoms with E-state index in [-0.39, 0.29) is 11.9 Å². The smallest absolute Gasteiger partial charge is 0.192 e. The van der Waals surface area contributed by atoms with Crippen LogP contribution in [0.4, 0.5) is 4.39 Å². The maximum absolute atomic E-state index is 13.9. The van der Waals surface area contributed by atoms with Gasteiger partial charge in [-0.25, -0.2) is 9.38 Å². The Morgan fingerprint density at radius 3 is 2.67 bits per heavy atom. The molecule has 1 aliphatic rings. The van der Waals surface area contributed by atoms with Gasteiger partial charge in [0, 0.05) is 13.1 Å². The van der Waals surface area contributed by atoms with E-state index in [4.69, 9.17) is 4.99 Å². The van der Waals surface area contributed by atoms with Gasteiger partial charge in [-0.05, 0) is 50.8 Å². The number of hydrogen-bond donors (Lipinski definition) is 2. The van der Waals surface area contributed by atoms with Crippen LogP contribution in [0.15, 0.2) is 23.2 Å². The molecule has 0 radical (unpaired) electrons. The zero-order valence-corrected chi connectivity index (χ0v) is 16.6. The molecule has 1 unspecified atom stereocenters. The molecule has 0 spiro atoms. The van der Waals surface area contributed by atoms with Gasteiger partial charge in [-0.2, -0.15) is 0 Å². The van der Waals surface area contributed by atoms with Crippen LogP contribution < -0.4 is 10.6 Å². The summed E-state index contributed by atoms with van der Waals surface area (Å²) < 4.78 is 15.9. The summed E-state index contributed by atoms with van der Waals surface area (Å²) in [6, 6.07) is 5.72. The number of hydrogen-bond acceptors (Lipinski definition) is 3. The SMILES string of the molecule is Cc1ccc(C(C)NC(=NCc2nnc(C)n2C)NC2CCCC2)cc1F. The monoisotopic (exact) mass is 372 g/mol. The Kier molecular flexibility index (Phi) is 6.08. The summed E-state index contributed by atoms with van der Waals surface area (Å²) in [7, 11) is 1.94. The van der Waals surface area contributed by atoms with E-state index in [1.54, 1.807) is 13.0 Å². The molecule has 2 aromatic rings. The number of aryl methyl sites for hydroxylation is 2. The number of aliphatic imine (C=N–C) groups is 1. The number of rotatable bonds is 5. The highest BCUT2D eigenvalue weighted by Gasteiger charge is 2.18. The molecule has 0 aliphatic heterocycles. The molecule has 1 aliphatic carbocycles. The van der Waals surface area contributed by atoms with Gasteiger partial charge in [0.15, 0.2) is 11.8 Å². The van der Waals surface area contributed by atoms with Crippen LogP contribution in [0.5, 0.6) is 0 Å². The number of nitrogens with one attached hydrogen (secondary N) is 2. The van der Waals surface area contributed by atoms with Gasteiger partial charge in [0.2, 0.25) is 0 Å². The van der Waals surface area contributed by atoms with Crippen molar-refractivity contribution < 1.29 is 4.39 Å². The lowest BCUT2D eigenvalue weighted by atomic mass is 10.1. The number of nitrogens with zero attached hydrogens (tertiary/aromatic N) is 4. The normalized spacial score (nSPS) is 16.6. The van der Waals surface area contributed by atoms with Crippen molar-refractivity contribution in [1.29, 1.82) is 0 Å². The number of aromatic nitrogens is 3. The molecule has 1 atom stereocenters. The predicted molar refractivity (Wildman–Crippen MR) is 105 cm³/mol. The molecule has 146 valence electrons. The van der Waals surface area contributed by atoms with Gasteiger partial charge in [-0.3, -0.25) is 0 Å². The van der Waals surface area contributed by atoms with E-state index in [9.17, 15) is 4.39 Å². The minimum Gasteiger partial charge on any atom is -0.354 e. The maximum atomic E-state index is 13.9. The topological polar surface area (TPSA) is 67.1 Å². The third kappa shape index (κ3) is 4.84. The fourth-order valence-corrected chi connectivity index (χ4v) is 3.30. The first-order valence-electron chi connectivity index (χ1n) is 9.62. The van der Waals surface area contributed by atoms with Crippen LogP contribution in [0.25, 0.3) is 0 Å². The van der Waals surface area contributed by atoms with Crippen molar-refractivity contribution in [2.75, 3.05) is 0 Å². The second-order valence-corrected chi connectivity index (χ2v) is 7.39. The molecule has 0 saturated heterocycles. The molecule has 1 fully saturated rings. The summed E-state index contributed by atoms with van der Waals surface area (Å²) >= 11 is 0. The average Bonchev–Trinajstić information content (AvgIpc) is 3.26. The molecule has 3 rings (SSSR count). The third-order valence-electron chi connectivity index (χ3n) is 5.31.